The minimum absolute atomic E-state index is 0. The first-order chi connectivity index (χ1) is 9.44. The lowest BCUT2D eigenvalue weighted by Crippen LogP contribution is -2.44. The van der Waals surface area contributed by atoms with Crippen molar-refractivity contribution >= 4 is 10.0 Å². The average molecular weight is 335 g/mol. The zero-order valence-electron chi connectivity index (χ0n) is 14.8. The predicted octanol–water partition coefficient (Wildman–Crippen LogP) is 3.73. The molecule has 0 unspecified atom stereocenters. The highest BCUT2D eigenvalue weighted by molar-refractivity contribution is 7.89. The van der Waals surface area contributed by atoms with Crippen LogP contribution in [-0.4, -0.2) is 54.1 Å². The van der Waals surface area contributed by atoms with Gasteiger partial charge in [-0.3, -0.25) is 4.90 Å². The lowest BCUT2D eigenvalue weighted by atomic mass is 10.0. The summed E-state index contributed by atoms with van der Waals surface area (Å²) >= 11 is 0. The zero-order valence-corrected chi connectivity index (χ0v) is 15.6. The summed E-state index contributed by atoms with van der Waals surface area (Å²) in [5.41, 5.74) is 0.162. The second-order valence-electron chi connectivity index (χ2n) is 8.13. The maximum absolute atomic E-state index is 11.3. The van der Waals surface area contributed by atoms with Crippen molar-refractivity contribution in [2.45, 2.75) is 85.7 Å². The first-order valence-corrected chi connectivity index (χ1v) is 9.81. The number of piperidine rings is 1. The molecule has 2 aliphatic rings. The minimum Gasteiger partial charge on any atom is -0.298 e. The van der Waals surface area contributed by atoms with E-state index in [0.717, 1.165) is 6.42 Å². The summed E-state index contributed by atoms with van der Waals surface area (Å²) < 4.78 is 24.3. The molecule has 22 heavy (non-hydrogen) atoms. The molecule has 0 aromatic carbocycles. The van der Waals surface area contributed by atoms with E-state index in [2.05, 4.69) is 25.7 Å². The van der Waals surface area contributed by atoms with Crippen LogP contribution in [0.2, 0.25) is 0 Å². The maximum atomic E-state index is 11.3. The van der Waals surface area contributed by atoms with Crippen LogP contribution in [0.4, 0.5) is 0 Å². The minimum atomic E-state index is -2.91. The summed E-state index contributed by atoms with van der Waals surface area (Å²) in [6.07, 6.45) is 5.01. The van der Waals surface area contributed by atoms with E-state index in [0.29, 0.717) is 17.8 Å². The van der Waals surface area contributed by atoms with Gasteiger partial charge >= 0.3 is 0 Å². The van der Waals surface area contributed by atoms with Crippen LogP contribution >= 0.6 is 0 Å². The fraction of sp³-hybridized carbons (Fsp3) is 1.00. The first-order valence-electron chi connectivity index (χ1n) is 8.20. The van der Waals surface area contributed by atoms with Gasteiger partial charge in [-0.1, -0.05) is 13.8 Å². The molecule has 5 heteroatoms. The second-order valence-corrected chi connectivity index (χ2v) is 10.1. The van der Waals surface area contributed by atoms with Gasteiger partial charge in [0.2, 0.25) is 10.0 Å². The largest absolute Gasteiger partial charge is 0.298 e. The van der Waals surface area contributed by atoms with Gasteiger partial charge in [0.25, 0.3) is 0 Å². The normalized spacial score (nSPS) is 23.4. The highest BCUT2D eigenvalue weighted by Crippen LogP contribution is 2.24. The topological polar surface area (TPSA) is 40.6 Å². The molecule has 0 spiro atoms. The van der Waals surface area contributed by atoms with E-state index in [9.17, 15) is 8.42 Å². The van der Waals surface area contributed by atoms with Crippen LogP contribution in [0.1, 0.15) is 74.7 Å². The lowest BCUT2D eigenvalue weighted by molar-refractivity contribution is 0.111. The van der Waals surface area contributed by atoms with Crippen molar-refractivity contribution in [2.24, 2.45) is 0 Å². The predicted molar refractivity (Wildman–Crippen MR) is 96.8 cm³/mol. The van der Waals surface area contributed by atoms with Crippen LogP contribution in [0, 0.1) is 0 Å². The molecule has 2 rings (SSSR count). The highest BCUT2D eigenvalue weighted by atomic mass is 32.2. The summed E-state index contributed by atoms with van der Waals surface area (Å²) in [6.45, 7) is 16.0. The van der Waals surface area contributed by atoms with E-state index < -0.39 is 10.0 Å². The molecule has 2 fully saturated rings. The Labute approximate surface area is 139 Å². The van der Waals surface area contributed by atoms with Crippen molar-refractivity contribution in [1.29, 1.82) is 0 Å². The van der Waals surface area contributed by atoms with Crippen LogP contribution < -0.4 is 0 Å². The van der Waals surface area contributed by atoms with E-state index in [1.165, 1.54) is 32.4 Å². The molecular formula is C17H38N2O2S. The van der Waals surface area contributed by atoms with E-state index in [1.54, 1.807) is 4.31 Å². The molecule has 0 aromatic rings. The standard InChI is InChI=1S/C9H19N.C7H15NO2S.CH4/c1-9(2,3)10-7-5-4-6-8-10;1-7(2,3)8-5-4-6-11(8,9)10;/h4-8H2,1-3H3;4-6H2,1-3H3;1H4. The van der Waals surface area contributed by atoms with E-state index in [4.69, 9.17) is 0 Å². The van der Waals surface area contributed by atoms with Crippen molar-refractivity contribution < 1.29 is 8.42 Å². The van der Waals surface area contributed by atoms with Crippen molar-refractivity contribution in [3.63, 3.8) is 0 Å². The fourth-order valence-electron chi connectivity index (χ4n) is 2.96. The van der Waals surface area contributed by atoms with Crippen molar-refractivity contribution in [2.75, 3.05) is 25.4 Å². The molecule has 0 aliphatic carbocycles. The molecule has 2 heterocycles. The number of hydrogen-bond acceptors (Lipinski definition) is 3. The summed E-state index contributed by atoms with van der Waals surface area (Å²) in [5.74, 6) is 0.324. The van der Waals surface area contributed by atoms with Gasteiger partial charge in [0.1, 0.15) is 0 Å². The molecule has 2 aliphatic heterocycles. The van der Waals surface area contributed by atoms with Crippen LogP contribution in [0.3, 0.4) is 0 Å². The van der Waals surface area contributed by atoms with Gasteiger partial charge in [-0.25, -0.2) is 8.42 Å². The maximum Gasteiger partial charge on any atom is 0.214 e. The van der Waals surface area contributed by atoms with E-state index in [-0.39, 0.29) is 13.0 Å². The van der Waals surface area contributed by atoms with Crippen molar-refractivity contribution in [3.8, 4) is 0 Å². The molecule has 0 radical (unpaired) electrons. The third kappa shape index (κ3) is 6.55. The fourth-order valence-corrected chi connectivity index (χ4v) is 4.91. The first kappa shape index (κ1) is 21.9. The van der Waals surface area contributed by atoms with Crippen LogP contribution in [0.15, 0.2) is 0 Å². The molecule has 0 atom stereocenters. The lowest BCUT2D eigenvalue weighted by Gasteiger charge is -2.38. The molecule has 0 amide bonds. The third-order valence-electron chi connectivity index (χ3n) is 4.15. The molecule has 0 aromatic heterocycles. The Morgan fingerprint density at radius 2 is 1.23 bits per heavy atom. The van der Waals surface area contributed by atoms with Gasteiger partial charge in [0.15, 0.2) is 0 Å². The Bertz CT molecular complexity index is 413. The number of hydrogen-bond donors (Lipinski definition) is 0. The molecule has 0 saturated carbocycles. The molecule has 4 nitrogen and oxygen atoms in total. The van der Waals surface area contributed by atoms with Crippen molar-refractivity contribution in [3.05, 3.63) is 0 Å². The second kappa shape index (κ2) is 8.11. The molecular weight excluding hydrogens is 296 g/mol. The highest BCUT2D eigenvalue weighted by Gasteiger charge is 2.36. The summed E-state index contributed by atoms with van der Waals surface area (Å²) in [6, 6.07) is 0. The number of rotatable bonds is 0. The van der Waals surface area contributed by atoms with Gasteiger partial charge in [-0.15, -0.1) is 0 Å². The zero-order chi connectivity index (χ0) is 16.3. The number of nitrogens with zero attached hydrogens (tertiary/aromatic N) is 2. The van der Waals surface area contributed by atoms with Crippen molar-refractivity contribution in [1.82, 2.24) is 9.21 Å². The van der Waals surface area contributed by atoms with Gasteiger partial charge in [0, 0.05) is 17.6 Å². The Balaban J connectivity index is 0.000000385. The van der Waals surface area contributed by atoms with E-state index >= 15 is 0 Å². The van der Waals surface area contributed by atoms with Crippen LogP contribution in [0.25, 0.3) is 0 Å². The Hall–Kier alpha value is -0.130. The Morgan fingerprint density at radius 3 is 1.45 bits per heavy atom. The molecule has 0 bridgehead atoms. The van der Waals surface area contributed by atoms with Gasteiger partial charge < -0.3 is 0 Å². The molecule has 2 saturated heterocycles. The number of sulfonamides is 1. The Morgan fingerprint density at radius 1 is 0.727 bits per heavy atom. The summed E-state index contributed by atoms with van der Waals surface area (Å²) in [5, 5.41) is 0. The van der Waals surface area contributed by atoms with Gasteiger partial charge in [-0.2, -0.15) is 4.31 Å². The summed E-state index contributed by atoms with van der Waals surface area (Å²) in [4.78, 5) is 2.58. The van der Waals surface area contributed by atoms with Crippen LogP contribution in [0.5, 0.6) is 0 Å². The SMILES string of the molecule is C.CC(C)(C)N1CCCCC1.CC(C)(C)N1CCCS1(=O)=O. The quantitative estimate of drug-likeness (QED) is 0.678. The number of likely N-dealkylation sites (tertiary alicyclic amines) is 1. The van der Waals surface area contributed by atoms with E-state index in [1.807, 2.05) is 20.8 Å². The van der Waals surface area contributed by atoms with Gasteiger partial charge in [-0.05, 0) is 73.9 Å². The third-order valence-corrected chi connectivity index (χ3v) is 6.36. The van der Waals surface area contributed by atoms with Gasteiger partial charge in [0.05, 0.1) is 5.75 Å². The summed E-state index contributed by atoms with van der Waals surface area (Å²) in [7, 11) is -2.91. The smallest absolute Gasteiger partial charge is 0.214 e. The van der Waals surface area contributed by atoms with Crippen LogP contribution in [-0.2, 0) is 10.0 Å². The Kier molecular flexibility index (Phi) is 8.06. The monoisotopic (exact) mass is 334 g/mol. The molecule has 134 valence electrons. The molecule has 0 N–H and O–H groups in total. The average Bonchev–Trinajstić information content (AvgIpc) is 2.70.